The summed E-state index contributed by atoms with van der Waals surface area (Å²) >= 11 is 0. The molecule has 0 amide bonds. The first kappa shape index (κ1) is 13.3. The van der Waals surface area contributed by atoms with E-state index < -0.39 is 0 Å². The van der Waals surface area contributed by atoms with Crippen LogP contribution in [0.4, 0.5) is 0 Å². The third-order valence-corrected chi connectivity index (χ3v) is 3.32. The van der Waals surface area contributed by atoms with Gasteiger partial charge in [0.05, 0.1) is 12.8 Å². The molecular weight excluding hydrogens is 240 g/mol. The van der Waals surface area contributed by atoms with Gasteiger partial charge in [0, 0.05) is 11.6 Å². The maximum atomic E-state index is 10.1. The Bertz CT molecular complexity index is 570. The van der Waals surface area contributed by atoms with Crippen LogP contribution < -0.4 is 4.74 Å². The quantitative estimate of drug-likeness (QED) is 0.913. The van der Waals surface area contributed by atoms with Gasteiger partial charge >= 0.3 is 0 Å². The van der Waals surface area contributed by atoms with Crippen LogP contribution in [0.5, 0.6) is 11.6 Å². The summed E-state index contributed by atoms with van der Waals surface area (Å²) in [6, 6.07) is 7.40. The zero-order chi connectivity index (χ0) is 13.8. The van der Waals surface area contributed by atoms with Crippen molar-refractivity contribution in [1.82, 2.24) is 9.97 Å². The minimum Gasteiger partial charge on any atom is -0.508 e. The van der Waals surface area contributed by atoms with E-state index in [9.17, 15) is 5.11 Å². The molecule has 2 aromatic rings. The van der Waals surface area contributed by atoms with Gasteiger partial charge in [-0.05, 0) is 24.0 Å². The predicted molar refractivity (Wildman–Crippen MR) is 74.4 cm³/mol. The Kier molecular flexibility index (Phi) is 4.00. The first-order chi connectivity index (χ1) is 9.15. The number of methoxy groups -OCH3 is 1. The topological polar surface area (TPSA) is 55.2 Å². The molecule has 0 saturated heterocycles. The van der Waals surface area contributed by atoms with Gasteiger partial charge in [-0.25, -0.2) is 9.97 Å². The van der Waals surface area contributed by atoms with Gasteiger partial charge in [0.2, 0.25) is 5.88 Å². The molecule has 0 aliphatic carbocycles. The molecule has 0 saturated carbocycles. The van der Waals surface area contributed by atoms with E-state index in [4.69, 9.17) is 4.74 Å². The summed E-state index contributed by atoms with van der Waals surface area (Å²) in [5.41, 5.74) is 2.55. The number of benzene rings is 1. The number of ether oxygens (including phenoxy) is 1. The van der Waals surface area contributed by atoms with Crippen molar-refractivity contribution in [2.45, 2.75) is 26.2 Å². The zero-order valence-corrected chi connectivity index (χ0v) is 11.4. The number of hydrogen-bond acceptors (Lipinski definition) is 4. The summed E-state index contributed by atoms with van der Waals surface area (Å²) in [5.74, 6) is 1.16. The highest BCUT2D eigenvalue weighted by molar-refractivity contribution is 5.63. The molecule has 1 aromatic heterocycles. The molecule has 0 aliphatic rings. The minimum atomic E-state index is 0.310. The summed E-state index contributed by atoms with van der Waals surface area (Å²) in [6.45, 7) is 4.20. The van der Waals surface area contributed by atoms with E-state index in [0.717, 1.165) is 23.2 Å². The van der Waals surface area contributed by atoms with Gasteiger partial charge in [0.1, 0.15) is 12.1 Å². The smallest absolute Gasteiger partial charge is 0.216 e. The Hall–Kier alpha value is -2.10. The Labute approximate surface area is 113 Å². The molecule has 2 rings (SSSR count). The molecule has 1 aromatic carbocycles. The Morgan fingerprint density at radius 1 is 1.26 bits per heavy atom. The third-order valence-electron chi connectivity index (χ3n) is 3.32. The second kappa shape index (κ2) is 5.69. The van der Waals surface area contributed by atoms with Gasteiger partial charge in [-0.15, -0.1) is 0 Å². The Morgan fingerprint density at radius 2 is 2.05 bits per heavy atom. The predicted octanol–water partition coefficient (Wildman–Crippen LogP) is 3.37. The summed E-state index contributed by atoms with van der Waals surface area (Å²) in [4.78, 5) is 8.16. The van der Waals surface area contributed by atoms with E-state index in [2.05, 4.69) is 23.8 Å². The van der Waals surface area contributed by atoms with Crippen molar-refractivity contribution in [3.05, 3.63) is 36.2 Å². The molecule has 0 fully saturated rings. The molecule has 4 heteroatoms. The molecule has 4 nitrogen and oxygen atoms in total. The van der Waals surface area contributed by atoms with Crippen LogP contribution in [-0.2, 0) is 0 Å². The van der Waals surface area contributed by atoms with Gasteiger partial charge < -0.3 is 9.84 Å². The first-order valence-electron chi connectivity index (χ1n) is 6.35. The minimum absolute atomic E-state index is 0.310. The largest absolute Gasteiger partial charge is 0.508 e. The molecular formula is C15H18N2O2. The molecule has 0 bridgehead atoms. The van der Waals surface area contributed by atoms with E-state index >= 15 is 0 Å². The fraction of sp³-hybridized carbons (Fsp3) is 0.333. The molecule has 1 atom stereocenters. The zero-order valence-electron chi connectivity index (χ0n) is 11.4. The van der Waals surface area contributed by atoms with Crippen LogP contribution in [0.2, 0.25) is 0 Å². The monoisotopic (exact) mass is 258 g/mol. The summed E-state index contributed by atoms with van der Waals surface area (Å²) < 4.78 is 5.07. The first-order valence-corrected chi connectivity index (χ1v) is 6.35. The highest BCUT2D eigenvalue weighted by Crippen LogP contribution is 2.32. The fourth-order valence-corrected chi connectivity index (χ4v) is 1.95. The van der Waals surface area contributed by atoms with Crippen LogP contribution in [0.3, 0.4) is 0 Å². The van der Waals surface area contributed by atoms with Crippen LogP contribution in [0.25, 0.3) is 11.3 Å². The molecule has 1 heterocycles. The van der Waals surface area contributed by atoms with Gasteiger partial charge in [0.25, 0.3) is 0 Å². The second-order valence-electron chi connectivity index (χ2n) is 4.53. The highest BCUT2D eigenvalue weighted by atomic mass is 16.5. The van der Waals surface area contributed by atoms with Crippen LogP contribution in [0.15, 0.2) is 30.6 Å². The lowest BCUT2D eigenvalue weighted by molar-refractivity contribution is 0.397. The van der Waals surface area contributed by atoms with E-state index in [-0.39, 0.29) is 0 Å². The van der Waals surface area contributed by atoms with Gasteiger partial charge in [0.15, 0.2) is 0 Å². The fourth-order valence-electron chi connectivity index (χ4n) is 1.95. The van der Waals surface area contributed by atoms with Crippen molar-refractivity contribution in [3.8, 4) is 22.9 Å². The lowest BCUT2D eigenvalue weighted by atomic mass is 9.96. The number of hydrogen-bond donors (Lipinski definition) is 1. The average Bonchev–Trinajstić information content (AvgIpc) is 2.46. The van der Waals surface area contributed by atoms with Crippen molar-refractivity contribution in [3.63, 3.8) is 0 Å². The molecule has 0 spiro atoms. The van der Waals surface area contributed by atoms with Crippen molar-refractivity contribution in [2.24, 2.45) is 0 Å². The lowest BCUT2D eigenvalue weighted by Gasteiger charge is -2.12. The third kappa shape index (κ3) is 2.84. The second-order valence-corrected chi connectivity index (χ2v) is 4.53. The van der Waals surface area contributed by atoms with Crippen LogP contribution in [0, 0.1) is 0 Å². The van der Waals surface area contributed by atoms with E-state index in [1.807, 2.05) is 12.1 Å². The van der Waals surface area contributed by atoms with Gasteiger partial charge in [-0.1, -0.05) is 26.0 Å². The van der Waals surface area contributed by atoms with Crippen LogP contribution in [0.1, 0.15) is 31.7 Å². The number of nitrogens with zero attached hydrogens (tertiary/aromatic N) is 2. The van der Waals surface area contributed by atoms with Crippen LogP contribution >= 0.6 is 0 Å². The van der Waals surface area contributed by atoms with Crippen molar-refractivity contribution < 1.29 is 9.84 Å². The standard InChI is InChI=1S/C15H18N2O2/c1-4-10(2)12-6-5-11(7-14(12)18)13-8-15(19-3)17-9-16-13/h5-10,18H,4H2,1-3H3. The summed E-state index contributed by atoms with van der Waals surface area (Å²) in [6.07, 6.45) is 2.45. The summed E-state index contributed by atoms with van der Waals surface area (Å²) in [5, 5.41) is 10.1. The number of phenolic OH excluding ortho intramolecular Hbond substituents is 1. The van der Waals surface area contributed by atoms with Crippen molar-refractivity contribution >= 4 is 0 Å². The van der Waals surface area contributed by atoms with Gasteiger partial charge in [-0.2, -0.15) is 0 Å². The van der Waals surface area contributed by atoms with Crippen LogP contribution in [-0.4, -0.2) is 22.2 Å². The normalized spacial score (nSPS) is 12.2. The Balaban J connectivity index is 2.38. The van der Waals surface area contributed by atoms with Gasteiger partial charge in [-0.3, -0.25) is 0 Å². The number of phenols is 1. The number of rotatable bonds is 4. The summed E-state index contributed by atoms with van der Waals surface area (Å²) in [7, 11) is 1.57. The van der Waals surface area contributed by atoms with Crippen molar-refractivity contribution in [2.75, 3.05) is 7.11 Å². The van der Waals surface area contributed by atoms with E-state index in [1.54, 1.807) is 19.2 Å². The van der Waals surface area contributed by atoms with E-state index in [1.165, 1.54) is 6.33 Å². The molecule has 1 unspecified atom stereocenters. The van der Waals surface area contributed by atoms with E-state index in [0.29, 0.717) is 17.5 Å². The lowest BCUT2D eigenvalue weighted by Crippen LogP contribution is -1.94. The molecule has 1 N–H and O–H groups in total. The average molecular weight is 258 g/mol. The maximum absolute atomic E-state index is 10.1. The molecule has 0 aliphatic heterocycles. The van der Waals surface area contributed by atoms with Crippen molar-refractivity contribution in [1.29, 1.82) is 0 Å². The number of aromatic hydroxyl groups is 1. The molecule has 0 radical (unpaired) electrons. The SMILES string of the molecule is CCC(C)c1ccc(-c2cc(OC)ncn2)cc1O. The molecule has 100 valence electrons. The highest BCUT2D eigenvalue weighted by Gasteiger charge is 2.10. The number of aromatic nitrogens is 2. The maximum Gasteiger partial charge on any atom is 0.216 e. The Morgan fingerprint density at radius 3 is 2.68 bits per heavy atom. The molecule has 19 heavy (non-hydrogen) atoms.